The minimum absolute atomic E-state index is 0.102. The van der Waals surface area contributed by atoms with E-state index < -0.39 is 0 Å². The van der Waals surface area contributed by atoms with Crippen LogP contribution in [0.2, 0.25) is 0 Å². The number of nitrogens with two attached hydrogens (primary N) is 1. The molecular weight excluding hydrogens is 224 g/mol. The van der Waals surface area contributed by atoms with Crippen molar-refractivity contribution in [1.29, 1.82) is 0 Å². The molecule has 0 aliphatic heterocycles. The number of benzene rings is 1. The molecule has 0 unspecified atom stereocenters. The Kier molecular flexibility index (Phi) is 3.51. The highest BCUT2D eigenvalue weighted by molar-refractivity contribution is 5.61. The molecule has 0 atom stereocenters. The van der Waals surface area contributed by atoms with Crippen molar-refractivity contribution in [3.05, 3.63) is 52.3 Å². The van der Waals surface area contributed by atoms with Gasteiger partial charge in [-0.25, -0.2) is 0 Å². The molecule has 0 bridgehead atoms. The molecule has 0 fully saturated rings. The summed E-state index contributed by atoms with van der Waals surface area (Å²) in [5.74, 6) is 0. The summed E-state index contributed by atoms with van der Waals surface area (Å²) >= 11 is 0. The van der Waals surface area contributed by atoms with Gasteiger partial charge < -0.3 is 10.3 Å². The van der Waals surface area contributed by atoms with Crippen molar-refractivity contribution in [2.75, 3.05) is 5.73 Å². The minimum atomic E-state index is -0.102. The molecule has 1 aromatic heterocycles. The van der Waals surface area contributed by atoms with E-state index in [9.17, 15) is 4.79 Å². The third-order valence-corrected chi connectivity index (χ3v) is 3.00. The van der Waals surface area contributed by atoms with Gasteiger partial charge in [-0.15, -0.1) is 0 Å². The predicted octanol–water partition coefficient (Wildman–Crippen LogP) is 2.82. The molecular formula is C15H18N2O. The van der Waals surface area contributed by atoms with Crippen LogP contribution in [0.3, 0.4) is 0 Å². The fourth-order valence-electron chi connectivity index (χ4n) is 2.02. The summed E-state index contributed by atoms with van der Waals surface area (Å²) in [5.41, 5.74) is 9.07. The molecule has 0 saturated heterocycles. The summed E-state index contributed by atoms with van der Waals surface area (Å²) in [6, 6.07) is 11.8. The van der Waals surface area contributed by atoms with Gasteiger partial charge in [0.25, 0.3) is 5.56 Å². The maximum Gasteiger partial charge on any atom is 0.274 e. The van der Waals surface area contributed by atoms with E-state index >= 15 is 0 Å². The van der Waals surface area contributed by atoms with Crippen LogP contribution < -0.4 is 11.3 Å². The molecule has 1 heterocycles. The van der Waals surface area contributed by atoms with Crippen LogP contribution in [0.15, 0.2) is 41.2 Å². The number of nitrogens with zero attached hydrogens (tertiary/aromatic N) is 1. The first-order valence-electron chi connectivity index (χ1n) is 6.20. The zero-order chi connectivity index (χ0) is 13.1. The third kappa shape index (κ3) is 2.30. The zero-order valence-electron chi connectivity index (χ0n) is 10.8. The Morgan fingerprint density at radius 2 is 1.78 bits per heavy atom. The summed E-state index contributed by atoms with van der Waals surface area (Å²) in [7, 11) is 0. The van der Waals surface area contributed by atoms with E-state index in [-0.39, 0.29) is 5.56 Å². The van der Waals surface area contributed by atoms with E-state index in [1.54, 1.807) is 10.6 Å². The Balaban J connectivity index is 2.60. The maximum atomic E-state index is 12.1. The molecule has 3 nitrogen and oxygen atoms in total. The Morgan fingerprint density at radius 1 is 1.11 bits per heavy atom. The number of rotatable bonds is 3. The zero-order valence-corrected chi connectivity index (χ0v) is 10.8. The highest BCUT2D eigenvalue weighted by atomic mass is 16.1. The van der Waals surface area contributed by atoms with Crippen LogP contribution in [0.5, 0.6) is 0 Å². The molecule has 0 amide bonds. The second kappa shape index (κ2) is 5.08. The van der Waals surface area contributed by atoms with E-state index in [1.807, 2.05) is 37.3 Å². The van der Waals surface area contributed by atoms with Crippen LogP contribution in [-0.4, -0.2) is 4.57 Å². The van der Waals surface area contributed by atoms with Crippen molar-refractivity contribution in [1.82, 2.24) is 4.57 Å². The topological polar surface area (TPSA) is 48.0 Å². The lowest BCUT2D eigenvalue weighted by molar-refractivity contribution is 0.663. The largest absolute Gasteiger partial charge is 0.394 e. The Bertz CT molecular complexity index is 597. The van der Waals surface area contributed by atoms with E-state index in [0.29, 0.717) is 12.2 Å². The standard InChI is InChI=1S/C15H18N2O/c1-3-10-17-14(9-8-13(16)15(17)18)12-6-4-11(2)5-7-12/h4-9H,3,10,16H2,1-2H3. The third-order valence-electron chi connectivity index (χ3n) is 3.00. The maximum absolute atomic E-state index is 12.1. The van der Waals surface area contributed by atoms with Gasteiger partial charge in [0, 0.05) is 6.54 Å². The van der Waals surface area contributed by atoms with Crippen molar-refractivity contribution in [2.24, 2.45) is 0 Å². The number of pyridine rings is 1. The number of aromatic nitrogens is 1. The van der Waals surface area contributed by atoms with Gasteiger partial charge in [-0.3, -0.25) is 4.79 Å². The predicted molar refractivity (Wildman–Crippen MR) is 75.6 cm³/mol. The van der Waals surface area contributed by atoms with Crippen LogP contribution >= 0.6 is 0 Å². The van der Waals surface area contributed by atoms with Gasteiger partial charge in [0.05, 0.1) is 11.4 Å². The monoisotopic (exact) mass is 242 g/mol. The van der Waals surface area contributed by atoms with Crippen LogP contribution in [0.1, 0.15) is 18.9 Å². The lowest BCUT2D eigenvalue weighted by Gasteiger charge is -2.13. The van der Waals surface area contributed by atoms with Gasteiger partial charge >= 0.3 is 0 Å². The van der Waals surface area contributed by atoms with Crippen molar-refractivity contribution in [3.63, 3.8) is 0 Å². The molecule has 2 rings (SSSR count). The summed E-state index contributed by atoms with van der Waals surface area (Å²) in [4.78, 5) is 12.1. The summed E-state index contributed by atoms with van der Waals surface area (Å²) in [5, 5.41) is 0. The van der Waals surface area contributed by atoms with Gasteiger partial charge in [-0.2, -0.15) is 0 Å². The Labute approximate surface area is 107 Å². The molecule has 94 valence electrons. The van der Waals surface area contributed by atoms with Crippen molar-refractivity contribution >= 4 is 5.69 Å². The molecule has 0 radical (unpaired) electrons. The summed E-state index contributed by atoms with van der Waals surface area (Å²) in [6.45, 7) is 4.79. The number of aryl methyl sites for hydroxylation is 1. The van der Waals surface area contributed by atoms with Gasteiger partial charge in [0.2, 0.25) is 0 Å². The van der Waals surface area contributed by atoms with Crippen LogP contribution in [-0.2, 0) is 6.54 Å². The fraction of sp³-hybridized carbons (Fsp3) is 0.267. The molecule has 1 aromatic carbocycles. The first-order valence-corrected chi connectivity index (χ1v) is 6.20. The van der Waals surface area contributed by atoms with Gasteiger partial charge in [-0.1, -0.05) is 36.8 Å². The fourth-order valence-corrected chi connectivity index (χ4v) is 2.02. The lowest BCUT2D eigenvalue weighted by Crippen LogP contribution is -2.24. The van der Waals surface area contributed by atoms with E-state index in [4.69, 9.17) is 5.73 Å². The number of anilines is 1. The van der Waals surface area contributed by atoms with Crippen LogP contribution in [0.4, 0.5) is 5.69 Å². The molecule has 3 heteroatoms. The Hall–Kier alpha value is -2.03. The van der Waals surface area contributed by atoms with E-state index in [0.717, 1.165) is 17.7 Å². The average molecular weight is 242 g/mol. The molecule has 0 spiro atoms. The SMILES string of the molecule is CCCn1c(-c2ccc(C)cc2)ccc(N)c1=O. The van der Waals surface area contributed by atoms with Crippen molar-refractivity contribution in [3.8, 4) is 11.3 Å². The Morgan fingerprint density at radius 3 is 2.39 bits per heavy atom. The molecule has 0 saturated carbocycles. The summed E-state index contributed by atoms with van der Waals surface area (Å²) in [6.07, 6.45) is 0.905. The van der Waals surface area contributed by atoms with Gasteiger partial charge in [0.1, 0.15) is 0 Å². The van der Waals surface area contributed by atoms with Crippen molar-refractivity contribution in [2.45, 2.75) is 26.8 Å². The van der Waals surface area contributed by atoms with Crippen molar-refractivity contribution < 1.29 is 0 Å². The summed E-state index contributed by atoms with van der Waals surface area (Å²) < 4.78 is 1.75. The molecule has 2 aromatic rings. The lowest BCUT2D eigenvalue weighted by atomic mass is 10.1. The average Bonchev–Trinajstić information content (AvgIpc) is 2.37. The molecule has 2 N–H and O–H groups in total. The second-order valence-corrected chi connectivity index (χ2v) is 4.50. The van der Waals surface area contributed by atoms with E-state index in [2.05, 4.69) is 6.92 Å². The molecule has 0 aliphatic rings. The number of hydrogen-bond donors (Lipinski definition) is 1. The van der Waals surface area contributed by atoms with Gasteiger partial charge in [-0.05, 0) is 31.0 Å². The van der Waals surface area contributed by atoms with Gasteiger partial charge in [0.15, 0.2) is 0 Å². The minimum Gasteiger partial charge on any atom is -0.394 e. The number of nitrogen functional groups attached to an aromatic ring is 1. The quantitative estimate of drug-likeness (QED) is 0.899. The second-order valence-electron chi connectivity index (χ2n) is 4.50. The van der Waals surface area contributed by atoms with Crippen LogP contribution in [0, 0.1) is 6.92 Å². The molecule has 18 heavy (non-hydrogen) atoms. The highest BCUT2D eigenvalue weighted by Gasteiger charge is 2.07. The van der Waals surface area contributed by atoms with E-state index in [1.165, 1.54) is 5.56 Å². The first-order chi connectivity index (χ1) is 8.63. The number of hydrogen-bond acceptors (Lipinski definition) is 2. The first kappa shape index (κ1) is 12.4. The normalized spacial score (nSPS) is 10.6. The smallest absolute Gasteiger partial charge is 0.274 e. The van der Waals surface area contributed by atoms with Crippen LogP contribution in [0.25, 0.3) is 11.3 Å². The highest BCUT2D eigenvalue weighted by Crippen LogP contribution is 2.19. The molecule has 0 aliphatic carbocycles.